The quantitative estimate of drug-likeness (QED) is 0.548. The summed E-state index contributed by atoms with van der Waals surface area (Å²) in [5.74, 6) is 0. The molecule has 1 nitrogen and oxygen atoms in total. The van der Waals surface area contributed by atoms with Gasteiger partial charge in [0.05, 0.1) is 0 Å². The maximum absolute atomic E-state index is 5.58. The predicted octanol–water partition coefficient (Wildman–Crippen LogP) is 0.915. The maximum atomic E-state index is 5.58. The van der Waals surface area contributed by atoms with Gasteiger partial charge in [0, 0.05) is 5.56 Å². The van der Waals surface area contributed by atoms with Gasteiger partial charge in [0.1, 0.15) is 12.8 Å². The average molecular weight is 177 g/mol. The van der Waals surface area contributed by atoms with E-state index < -0.39 is 0 Å². The number of hydrogen-bond donors (Lipinski definition) is 1. The summed E-state index contributed by atoms with van der Waals surface area (Å²) in [6.07, 6.45) is 2.17. The first-order valence-corrected chi connectivity index (χ1v) is 4.54. The Kier molecular flexibility index (Phi) is 3.29. The van der Waals surface area contributed by atoms with Gasteiger partial charge in [-0.25, -0.2) is 0 Å². The highest BCUT2D eigenvalue weighted by molar-refractivity contribution is 7.80. The number of aryl methyl sites for hydroxylation is 1. The third-order valence-corrected chi connectivity index (χ3v) is 2.02. The molecule has 0 aliphatic heterocycles. The molecule has 1 rings (SSSR count). The summed E-state index contributed by atoms with van der Waals surface area (Å²) in [7, 11) is 2.15. The van der Waals surface area contributed by atoms with Crippen LogP contribution in [0, 0.1) is 0 Å². The van der Waals surface area contributed by atoms with Gasteiger partial charge in [0.15, 0.2) is 0 Å². The summed E-state index contributed by atoms with van der Waals surface area (Å²) in [4.78, 5) is 0.499. The summed E-state index contributed by atoms with van der Waals surface area (Å²) in [5, 5.41) is 0. The first-order valence-electron chi connectivity index (χ1n) is 4.13. The summed E-state index contributed by atoms with van der Waals surface area (Å²) in [6, 6.07) is 8.05. The van der Waals surface area contributed by atoms with Crippen LogP contribution in [0.4, 0.5) is 0 Å². The molecular formula is C9H12BNS. The van der Waals surface area contributed by atoms with Gasteiger partial charge in [-0.1, -0.05) is 42.8 Å². The molecule has 0 bridgehead atoms. The van der Waals surface area contributed by atoms with Crippen molar-refractivity contribution in [1.82, 2.24) is 0 Å². The molecule has 0 heterocycles. The fourth-order valence-electron chi connectivity index (χ4n) is 1.25. The van der Waals surface area contributed by atoms with Crippen LogP contribution in [0.15, 0.2) is 24.3 Å². The molecule has 0 spiro atoms. The van der Waals surface area contributed by atoms with Crippen molar-refractivity contribution >= 4 is 25.1 Å². The van der Waals surface area contributed by atoms with E-state index in [0.717, 1.165) is 18.3 Å². The molecule has 2 N–H and O–H groups in total. The normalized spacial score (nSPS) is 9.67. The molecule has 0 aliphatic rings. The summed E-state index contributed by atoms with van der Waals surface area (Å²) in [5.41, 5.74) is 7.86. The summed E-state index contributed by atoms with van der Waals surface area (Å²) >= 11 is 4.94. The Balaban J connectivity index is 3.00. The first kappa shape index (κ1) is 9.26. The Morgan fingerprint density at radius 2 is 2.08 bits per heavy atom. The molecule has 0 unspecified atom stereocenters. The smallest absolute Gasteiger partial charge is 0.104 e. The maximum Gasteiger partial charge on any atom is 0.104 e. The molecule has 62 valence electrons. The fraction of sp³-hybridized carbons (Fsp3) is 0.222. The van der Waals surface area contributed by atoms with Crippen molar-refractivity contribution in [2.45, 2.75) is 12.7 Å². The zero-order chi connectivity index (χ0) is 8.97. The molecular weight excluding hydrogens is 165 g/mol. The molecule has 0 radical (unpaired) electrons. The second-order valence-corrected chi connectivity index (χ2v) is 3.21. The lowest BCUT2D eigenvalue weighted by Gasteiger charge is -2.05. The predicted molar refractivity (Wildman–Crippen MR) is 59.4 cm³/mol. The van der Waals surface area contributed by atoms with Crippen molar-refractivity contribution in [3.05, 3.63) is 35.4 Å². The standard InChI is InChI=1S/C9H12BNS/c10-6-5-7-3-1-2-4-8(7)9(11)12/h1-4H,5-6,10H2,(H2,11,12). The Bertz CT molecular complexity index is 286. The first-order chi connectivity index (χ1) is 5.75. The fourth-order valence-corrected chi connectivity index (χ4v) is 1.45. The van der Waals surface area contributed by atoms with Gasteiger partial charge in [0.25, 0.3) is 0 Å². The Morgan fingerprint density at radius 3 is 2.67 bits per heavy atom. The highest BCUT2D eigenvalue weighted by Crippen LogP contribution is 2.10. The third kappa shape index (κ3) is 2.08. The highest BCUT2D eigenvalue weighted by atomic mass is 32.1. The largest absolute Gasteiger partial charge is 0.389 e. The molecule has 0 aliphatic carbocycles. The molecule has 0 fully saturated rings. The number of hydrogen-bond acceptors (Lipinski definition) is 1. The van der Waals surface area contributed by atoms with Crippen LogP contribution in [0.5, 0.6) is 0 Å². The Hall–Kier alpha value is -0.825. The van der Waals surface area contributed by atoms with Crippen molar-refractivity contribution in [3.8, 4) is 0 Å². The van der Waals surface area contributed by atoms with Gasteiger partial charge < -0.3 is 5.73 Å². The molecule has 1 aromatic carbocycles. The van der Waals surface area contributed by atoms with Crippen molar-refractivity contribution in [1.29, 1.82) is 0 Å². The van der Waals surface area contributed by atoms with Crippen LogP contribution in [0.25, 0.3) is 0 Å². The number of thiocarbonyl (C=S) groups is 1. The van der Waals surface area contributed by atoms with Gasteiger partial charge in [-0.15, -0.1) is 0 Å². The van der Waals surface area contributed by atoms with E-state index in [2.05, 4.69) is 13.9 Å². The van der Waals surface area contributed by atoms with Crippen LogP contribution < -0.4 is 5.73 Å². The van der Waals surface area contributed by atoms with Crippen LogP contribution in [-0.4, -0.2) is 12.8 Å². The van der Waals surface area contributed by atoms with E-state index >= 15 is 0 Å². The summed E-state index contributed by atoms with van der Waals surface area (Å²) in [6.45, 7) is 0. The van der Waals surface area contributed by atoms with E-state index in [-0.39, 0.29) is 0 Å². The van der Waals surface area contributed by atoms with Crippen LogP contribution in [0.2, 0.25) is 6.32 Å². The highest BCUT2D eigenvalue weighted by Gasteiger charge is 2.01. The number of nitrogens with two attached hydrogens (primary N) is 1. The lowest BCUT2D eigenvalue weighted by molar-refractivity contribution is 1.13. The van der Waals surface area contributed by atoms with E-state index in [0.29, 0.717) is 4.99 Å². The van der Waals surface area contributed by atoms with E-state index in [1.807, 2.05) is 18.2 Å². The van der Waals surface area contributed by atoms with Gasteiger partial charge in [-0.2, -0.15) is 0 Å². The van der Waals surface area contributed by atoms with Gasteiger partial charge in [0.2, 0.25) is 0 Å². The van der Waals surface area contributed by atoms with Crippen molar-refractivity contribution < 1.29 is 0 Å². The Labute approximate surface area is 79.4 Å². The second kappa shape index (κ2) is 4.26. The molecule has 0 saturated heterocycles. The van der Waals surface area contributed by atoms with Gasteiger partial charge in [-0.3, -0.25) is 0 Å². The van der Waals surface area contributed by atoms with E-state index in [4.69, 9.17) is 18.0 Å². The minimum atomic E-state index is 0.499. The molecule has 0 saturated carbocycles. The lowest BCUT2D eigenvalue weighted by Crippen LogP contribution is -2.12. The summed E-state index contributed by atoms with van der Waals surface area (Å²) < 4.78 is 0. The zero-order valence-electron chi connectivity index (χ0n) is 7.21. The number of benzene rings is 1. The molecule has 0 aromatic heterocycles. The molecule has 0 amide bonds. The SMILES string of the molecule is BCCc1ccccc1C(N)=S. The van der Waals surface area contributed by atoms with Gasteiger partial charge in [-0.05, 0) is 12.0 Å². The Morgan fingerprint density at radius 1 is 1.42 bits per heavy atom. The minimum absolute atomic E-state index is 0.499. The van der Waals surface area contributed by atoms with Crippen LogP contribution in [0.3, 0.4) is 0 Å². The molecule has 3 heteroatoms. The average Bonchev–Trinajstić information content (AvgIpc) is 2.05. The van der Waals surface area contributed by atoms with E-state index in [9.17, 15) is 0 Å². The van der Waals surface area contributed by atoms with E-state index in [1.165, 1.54) is 5.56 Å². The minimum Gasteiger partial charge on any atom is -0.389 e. The van der Waals surface area contributed by atoms with Crippen molar-refractivity contribution in [2.24, 2.45) is 5.73 Å². The van der Waals surface area contributed by atoms with Crippen LogP contribution >= 0.6 is 12.2 Å². The number of rotatable bonds is 3. The van der Waals surface area contributed by atoms with E-state index in [1.54, 1.807) is 0 Å². The topological polar surface area (TPSA) is 26.0 Å². The molecule has 12 heavy (non-hydrogen) atoms. The zero-order valence-corrected chi connectivity index (χ0v) is 8.03. The molecule has 1 aromatic rings. The van der Waals surface area contributed by atoms with Gasteiger partial charge >= 0.3 is 0 Å². The van der Waals surface area contributed by atoms with Crippen LogP contribution in [-0.2, 0) is 6.42 Å². The third-order valence-electron chi connectivity index (χ3n) is 1.80. The van der Waals surface area contributed by atoms with Crippen LogP contribution in [0.1, 0.15) is 11.1 Å². The van der Waals surface area contributed by atoms with Crippen molar-refractivity contribution in [2.75, 3.05) is 0 Å². The molecule has 0 atom stereocenters. The lowest BCUT2D eigenvalue weighted by atomic mass is 9.94. The van der Waals surface area contributed by atoms with Crippen molar-refractivity contribution in [3.63, 3.8) is 0 Å². The monoisotopic (exact) mass is 177 g/mol. The second-order valence-electron chi connectivity index (χ2n) is 2.77.